The van der Waals surface area contributed by atoms with Crippen LogP contribution < -0.4 is 5.73 Å². The number of hydrogen-bond acceptors (Lipinski definition) is 2. The number of nitrogens with two attached hydrogens (primary N) is 1. The fourth-order valence-corrected chi connectivity index (χ4v) is 1.28. The maximum atomic E-state index is 8.78. The summed E-state index contributed by atoms with van der Waals surface area (Å²) in [6.07, 6.45) is 4.53. The predicted molar refractivity (Wildman–Crippen MR) is 54.4 cm³/mol. The summed E-state index contributed by atoms with van der Waals surface area (Å²) < 4.78 is 5.18. The molecule has 0 fully saturated rings. The highest BCUT2D eigenvalue weighted by Crippen LogP contribution is 2.04. The largest absolute Gasteiger partial charge is 0.330 e. The van der Waals surface area contributed by atoms with E-state index in [1.807, 2.05) is 0 Å². The fourth-order valence-electron chi connectivity index (χ4n) is 0.828. The molecule has 0 aliphatic heterocycles. The molecule has 0 saturated heterocycles. The fraction of sp³-hybridized carbons (Fsp3) is 0.875. The zero-order valence-corrected chi connectivity index (χ0v) is 8.68. The molecule has 0 saturated carbocycles. The monoisotopic (exact) mass is 192 g/mol. The van der Waals surface area contributed by atoms with Crippen molar-refractivity contribution < 1.29 is 9.63 Å². The van der Waals surface area contributed by atoms with Gasteiger partial charge in [-0.2, -0.15) is 4.52 Å². The summed E-state index contributed by atoms with van der Waals surface area (Å²) in [5.41, 5.74) is 5.72. The van der Waals surface area contributed by atoms with Crippen LogP contribution >= 0.6 is 8.43 Å². The molecule has 3 nitrogen and oxygen atoms in total. The summed E-state index contributed by atoms with van der Waals surface area (Å²) in [5, 5.41) is 8.78. The van der Waals surface area contributed by atoms with Gasteiger partial charge in [0.15, 0.2) is 0 Å². The Balaban J connectivity index is 2.96. The van der Waals surface area contributed by atoms with Gasteiger partial charge in [0, 0.05) is 6.92 Å². The third-order valence-electron chi connectivity index (χ3n) is 1.42. The van der Waals surface area contributed by atoms with Gasteiger partial charge < -0.3 is 10.8 Å². The molecule has 0 heterocycles. The maximum Gasteiger partial charge on any atom is 0.268 e. The minimum atomic E-state index is 0.148. The van der Waals surface area contributed by atoms with E-state index in [9.17, 15) is 0 Å². The first kappa shape index (κ1) is 12.0. The van der Waals surface area contributed by atoms with Crippen molar-refractivity contribution in [1.29, 1.82) is 0 Å². The topological polar surface area (TPSA) is 55.5 Å². The van der Waals surface area contributed by atoms with E-state index in [0.717, 1.165) is 26.0 Å². The predicted octanol–water partition coefficient (Wildman–Crippen LogP) is 1.64. The highest BCUT2D eigenvalue weighted by Gasteiger charge is 1.94. The number of rotatable bonds is 7. The Morgan fingerprint density at radius 1 is 1.33 bits per heavy atom. The van der Waals surface area contributed by atoms with Crippen molar-refractivity contribution in [2.75, 3.05) is 13.2 Å². The van der Waals surface area contributed by atoms with E-state index < -0.39 is 0 Å². The van der Waals surface area contributed by atoms with Crippen LogP contribution in [0.3, 0.4) is 0 Å². The molecule has 0 amide bonds. The van der Waals surface area contributed by atoms with Crippen LogP contribution in [0.25, 0.3) is 0 Å². The second-order valence-electron chi connectivity index (χ2n) is 2.74. The molecule has 0 aromatic heterocycles. The van der Waals surface area contributed by atoms with Gasteiger partial charge in [0.25, 0.3) is 8.43 Å². The number of aliphatic hydroxyl groups excluding tert-OH is 1. The SMILES string of the molecule is C/C(O)=[PH+]\OCCCCCCN. The van der Waals surface area contributed by atoms with Crippen molar-refractivity contribution in [3.63, 3.8) is 0 Å². The summed E-state index contributed by atoms with van der Waals surface area (Å²) >= 11 is 0. The summed E-state index contributed by atoms with van der Waals surface area (Å²) in [4.78, 5) is 0. The molecule has 0 radical (unpaired) electrons. The first-order valence-electron chi connectivity index (χ1n) is 4.37. The molecule has 1 unspecified atom stereocenters. The third-order valence-corrected chi connectivity index (χ3v) is 2.06. The number of aliphatic hydroxyl groups is 1. The lowest BCUT2D eigenvalue weighted by Crippen LogP contribution is -1.98. The van der Waals surface area contributed by atoms with Crippen LogP contribution in [0.2, 0.25) is 0 Å². The van der Waals surface area contributed by atoms with Gasteiger partial charge in [-0.05, 0) is 19.4 Å². The normalized spacial score (nSPS) is 12.1. The minimum absolute atomic E-state index is 0.148. The lowest BCUT2D eigenvalue weighted by molar-refractivity contribution is 0.350. The quantitative estimate of drug-likeness (QED) is 0.476. The third kappa shape index (κ3) is 10.0. The zero-order valence-electron chi connectivity index (χ0n) is 7.68. The Morgan fingerprint density at radius 2 is 2.00 bits per heavy atom. The van der Waals surface area contributed by atoms with Crippen LogP contribution in [0.15, 0.2) is 0 Å². The summed E-state index contributed by atoms with van der Waals surface area (Å²) in [6, 6.07) is 0. The zero-order chi connectivity index (χ0) is 9.23. The van der Waals surface area contributed by atoms with Crippen molar-refractivity contribution in [2.45, 2.75) is 32.6 Å². The van der Waals surface area contributed by atoms with Crippen LogP contribution in [0.4, 0.5) is 0 Å². The molecule has 4 heteroatoms. The minimum Gasteiger partial charge on any atom is -0.330 e. The Labute approximate surface area is 75.8 Å². The lowest BCUT2D eigenvalue weighted by Gasteiger charge is -1.94. The van der Waals surface area contributed by atoms with Gasteiger partial charge >= 0.3 is 0 Å². The smallest absolute Gasteiger partial charge is 0.268 e. The Bertz CT molecular complexity index is 124. The molecule has 1 atom stereocenters. The van der Waals surface area contributed by atoms with Crippen molar-refractivity contribution in [3.8, 4) is 0 Å². The van der Waals surface area contributed by atoms with E-state index in [-0.39, 0.29) is 8.43 Å². The molecular formula is C8H19NO2P+. The highest BCUT2D eigenvalue weighted by atomic mass is 31.1. The van der Waals surface area contributed by atoms with Crippen LogP contribution in [-0.4, -0.2) is 23.7 Å². The lowest BCUT2D eigenvalue weighted by atomic mass is 10.2. The maximum absolute atomic E-state index is 8.78. The standard InChI is InChI=1S/C8H18NO2P/c1-8(10)12-11-7-5-3-2-4-6-9/h10H,2-7,9H2,1H3/p+1. The average molecular weight is 192 g/mol. The van der Waals surface area contributed by atoms with Crippen LogP contribution in [-0.2, 0) is 4.52 Å². The van der Waals surface area contributed by atoms with Crippen LogP contribution in [0.5, 0.6) is 0 Å². The molecule has 0 aliphatic carbocycles. The van der Waals surface area contributed by atoms with Crippen molar-refractivity contribution in [1.82, 2.24) is 0 Å². The van der Waals surface area contributed by atoms with Crippen molar-refractivity contribution in [3.05, 3.63) is 0 Å². The van der Waals surface area contributed by atoms with Gasteiger partial charge in [-0.1, -0.05) is 12.8 Å². The molecule has 0 aromatic rings. The Morgan fingerprint density at radius 3 is 2.58 bits per heavy atom. The van der Waals surface area contributed by atoms with Crippen molar-refractivity contribution in [2.24, 2.45) is 5.73 Å². The van der Waals surface area contributed by atoms with E-state index in [1.54, 1.807) is 6.92 Å². The van der Waals surface area contributed by atoms with E-state index in [1.165, 1.54) is 12.8 Å². The summed E-state index contributed by atoms with van der Waals surface area (Å²) in [7, 11) is 0.148. The summed E-state index contributed by atoms with van der Waals surface area (Å²) in [5.74, 6) is 0. The molecule has 3 N–H and O–H groups in total. The second kappa shape index (κ2) is 9.14. The first-order valence-corrected chi connectivity index (χ1v) is 5.28. The molecule has 0 aliphatic rings. The Kier molecular flexibility index (Phi) is 9.18. The molecule has 0 bridgehead atoms. The second-order valence-corrected chi connectivity index (χ2v) is 3.96. The van der Waals surface area contributed by atoms with Gasteiger partial charge in [0.05, 0.1) is 6.61 Å². The first-order chi connectivity index (χ1) is 5.77. The van der Waals surface area contributed by atoms with Gasteiger partial charge in [0.2, 0.25) is 5.48 Å². The molecule has 0 rings (SSSR count). The highest BCUT2D eigenvalue weighted by molar-refractivity contribution is 7.34. The molecular weight excluding hydrogens is 173 g/mol. The molecule has 0 aromatic carbocycles. The molecule has 72 valence electrons. The summed E-state index contributed by atoms with van der Waals surface area (Å²) in [6.45, 7) is 3.19. The van der Waals surface area contributed by atoms with Gasteiger partial charge in [-0.25, -0.2) is 0 Å². The van der Waals surface area contributed by atoms with E-state index in [4.69, 9.17) is 15.4 Å². The van der Waals surface area contributed by atoms with E-state index in [2.05, 4.69) is 0 Å². The number of unbranched alkanes of at least 4 members (excludes halogenated alkanes) is 3. The van der Waals surface area contributed by atoms with Crippen molar-refractivity contribution >= 4 is 13.9 Å². The van der Waals surface area contributed by atoms with Crippen LogP contribution in [0, 0.1) is 0 Å². The van der Waals surface area contributed by atoms with Gasteiger partial charge in [-0.15, -0.1) is 0 Å². The van der Waals surface area contributed by atoms with Crippen LogP contribution in [0.1, 0.15) is 32.6 Å². The molecule has 0 spiro atoms. The van der Waals surface area contributed by atoms with E-state index in [0.29, 0.717) is 5.48 Å². The average Bonchev–Trinajstić information content (AvgIpc) is 2.02. The Hall–Kier alpha value is 0.0500. The number of hydrogen-bond donors (Lipinski definition) is 2. The van der Waals surface area contributed by atoms with Gasteiger partial charge in [-0.3, -0.25) is 0 Å². The van der Waals surface area contributed by atoms with E-state index >= 15 is 0 Å². The molecule has 12 heavy (non-hydrogen) atoms. The van der Waals surface area contributed by atoms with Gasteiger partial charge in [0.1, 0.15) is 0 Å².